The number of aromatic nitrogens is 6. The molecular weight excluding hydrogens is 360 g/mol. The summed E-state index contributed by atoms with van der Waals surface area (Å²) in [6.07, 6.45) is 0. The highest BCUT2D eigenvalue weighted by atomic mass is 32.2. The molecule has 0 aliphatic carbocycles. The molecule has 0 saturated carbocycles. The normalized spacial score (nSPS) is 12.4. The first-order valence-electron chi connectivity index (χ1n) is 7.32. The summed E-state index contributed by atoms with van der Waals surface area (Å²) < 4.78 is 7.35. The second kappa shape index (κ2) is 6.65. The van der Waals surface area contributed by atoms with Gasteiger partial charge in [0.1, 0.15) is 5.75 Å². The van der Waals surface area contributed by atoms with E-state index in [0.717, 1.165) is 10.6 Å². The molecule has 4 aromatic rings. The monoisotopic (exact) mass is 372 g/mol. The van der Waals surface area contributed by atoms with Gasteiger partial charge in [-0.1, -0.05) is 17.8 Å². The Morgan fingerprint density at radius 1 is 1.16 bits per heavy atom. The molecule has 4 rings (SSSR count). The van der Waals surface area contributed by atoms with Crippen LogP contribution < -0.4 is 0 Å². The van der Waals surface area contributed by atoms with Crippen LogP contribution in [0.25, 0.3) is 16.5 Å². The van der Waals surface area contributed by atoms with E-state index >= 15 is 0 Å². The molecule has 1 unspecified atom stereocenters. The number of thioether (sulfide) groups is 1. The van der Waals surface area contributed by atoms with E-state index in [-0.39, 0.29) is 11.0 Å². The minimum absolute atomic E-state index is 0.122. The minimum atomic E-state index is -0.122. The van der Waals surface area contributed by atoms with Crippen molar-refractivity contribution < 1.29 is 9.52 Å². The topological polar surface area (TPSA) is 103 Å². The lowest BCUT2D eigenvalue weighted by Crippen LogP contribution is -2.00. The van der Waals surface area contributed by atoms with Gasteiger partial charge >= 0.3 is 0 Å². The van der Waals surface area contributed by atoms with E-state index in [1.165, 1.54) is 11.8 Å². The number of benzene rings is 1. The summed E-state index contributed by atoms with van der Waals surface area (Å²) in [5, 5.41) is 31.8. The molecular formula is C15H12N6O2S2. The van der Waals surface area contributed by atoms with Crippen LogP contribution in [0.4, 0.5) is 0 Å². The second-order valence-corrected chi connectivity index (χ2v) is 7.33. The molecule has 0 bridgehead atoms. The van der Waals surface area contributed by atoms with Crippen LogP contribution in [0, 0.1) is 0 Å². The second-order valence-electron chi connectivity index (χ2n) is 5.07. The van der Waals surface area contributed by atoms with Gasteiger partial charge in [0.15, 0.2) is 0 Å². The lowest BCUT2D eigenvalue weighted by molar-refractivity contribution is 0.475. The van der Waals surface area contributed by atoms with Gasteiger partial charge in [0.2, 0.25) is 11.0 Å². The average Bonchev–Trinajstić information content (AvgIpc) is 3.36. The first kappa shape index (κ1) is 15.8. The van der Waals surface area contributed by atoms with Crippen LogP contribution in [-0.2, 0) is 0 Å². The molecule has 0 aliphatic rings. The lowest BCUT2D eigenvalue weighted by atomic mass is 10.3. The third kappa shape index (κ3) is 3.26. The molecule has 0 amide bonds. The Hall–Kier alpha value is -2.72. The molecule has 8 nitrogen and oxygen atoms in total. The van der Waals surface area contributed by atoms with Crippen molar-refractivity contribution in [2.75, 3.05) is 0 Å². The number of phenolic OH excluding ortho intramolecular Hbond substituents is 1. The fourth-order valence-corrected chi connectivity index (χ4v) is 3.60. The van der Waals surface area contributed by atoms with Crippen molar-refractivity contribution in [3.8, 4) is 22.2 Å². The highest BCUT2D eigenvalue weighted by Gasteiger charge is 2.20. The standard InChI is InChI=1S/C15H12N6O2S2/c1-9(13-16-17-14(23-13)12-3-2-8-24-12)25-15-18-19-20-21(15)10-4-6-11(22)7-5-10/h2-9,22H,1H3. The van der Waals surface area contributed by atoms with E-state index in [4.69, 9.17) is 4.42 Å². The number of rotatable bonds is 5. The molecule has 126 valence electrons. The fourth-order valence-electron chi connectivity index (χ4n) is 2.12. The molecule has 1 N–H and O–H groups in total. The largest absolute Gasteiger partial charge is 0.508 e. The Bertz CT molecular complexity index is 964. The fraction of sp³-hybridized carbons (Fsp3) is 0.133. The van der Waals surface area contributed by atoms with Gasteiger partial charge in [-0.15, -0.1) is 26.6 Å². The van der Waals surface area contributed by atoms with E-state index < -0.39 is 0 Å². The molecule has 0 spiro atoms. The molecule has 0 aliphatic heterocycles. The van der Waals surface area contributed by atoms with E-state index in [1.54, 1.807) is 40.3 Å². The Kier molecular flexibility index (Phi) is 4.20. The third-order valence-electron chi connectivity index (χ3n) is 3.34. The Balaban J connectivity index is 1.55. The minimum Gasteiger partial charge on any atom is -0.508 e. The highest BCUT2D eigenvalue weighted by molar-refractivity contribution is 7.99. The number of tetrazole rings is 1. The number of hydrogen-bond donors (Lipinski definition) is 1. The van der Waals surface area contributed by atoms with Crippen LogP contribution >= 0.6 is 23.1 Å². The predicted molar refractivity (Wildman–Crippen MR) is 92.7 cm³/mol. The van der Waals surface area contributed by atoms with Gasteiger partial charge in [-0.25, -0.2) is 0 Å². The Labute approximate surface area is 150 Å². The number of thiophene rings is 1. The molecule has 0 saturated heterocycles. The average molecular weight is 372 g/mol. The van der Waals surface area contributed by atoms with Crippen molar-refractivity contribution in [2.45, 2.75) is 17.3 Å². The van der Waals surface area contributed by atoms with Gasteiger partial charge in [-0.2, -0.15) is 4.68 Å². The lowest BCUT2D eigenvalue weighted by Gasteiger charge is -2.07. The molecule has 3 heterocycles. The van der Waals surface area contributed by atoms with E-state index in [0.29, 0.717) is 16.9 Å². The SMILES string of the molecule is CC(Sc1nnnn1-c1ccc(O)cc1)c1nnc(-c2cccs2)o1. The van der Waals surface area contributed by atoms with Crippen LogP contribution in [0.3, 0.4) is 0 Å². The van der Waals surface area contributed by atoms with Gasteiger partial charge < -0.3 is 9.52 Å². The van der Waals surface area contributed by atoms with Crippen molar-refractivity contribution in [2.24, 2.45) is 0 Å². The van der Waals surface area contributed by atoms with E-state index in [9.17, 15) is 5.11 Å². The van der Waals surface area contributed by atoms with Crippen LogP contribution in [0.15, 0.2) is 51.4 Å². The maximum atomic E-state index is 9.41. The number of phenols is 1. The quantitative estimate of drug-likeness (QED) is 0.532. The summed E-state index contributed by atoms with van der Waals surface area (Å²) in [5.41, 5.74) is 0.752. The number of nitrogens with zero attached hydrogens (tertiary/aromatic N) is 6. The van der Waals surface area contributed by atoms with E-state index in [1.807, 2.05) is 24.4 Å². The Morgan fingerprint density at radius 3 is 2.76 bits per heavy atom. The summed E-state index contributed by atoms with van der Waals surface area (Å²) in [6.45, 7) is 1.95. The van der Waals surface area contributed by atoms with E-state index in [2.05, 4.69) is 25.7 Å². The van der Waals surface area contributed by atoms with Gasteiger partial charge in [-0.3, -0.25) is 0 Å². The van der Waals surface area contributed by atoms with Crippen molar-refractivity contribution >= 4 is 23.1 Å². The molecule has 1 atom stereocenters. The summed E-state index contributed by atoms with van der Waals surface area (Å²) in [5.74, 6) is 1.20. The number of aromatic hydroxyl groups is 1. The van der Waals surface area contributed by atoms with Gasteiger partial charge in [0, 0.05) is 0 Å². The maximum Gasteiger partial charge on any atom is 0.257 e. The first-order valence-corrected chi connectivity index (χ1v) is 9.08. The van der Waals surface area contributed by atoms with Crippen LogP contribution in [0.2, 0.25) is 0 Å². The van der Waals surface area contributed by atoms with Gasteiger partial charge in [-0.05, 0) is 53.1 Å². The zero-order chi connectivity index (χ0) is 17.2. The van der Waals surface area contributed by atoms with Crippen molar-refractivity contribution in [3.63, 3.8) is 0 Å². The molecule has 10 heteroatoms. The summed E-state index contributed by atoms with van der Waals surface area (Å²) in [6, 6.07) is 10.5. The summed E-state index contributed by atoms with van der Waals surface area (Å²) >= 11 is 2.96. The van der Waals surface area contributed by atoms with Crippen molar-refractivity contribution in [3.05, 3.63) is 47.7 Å². The number of hydrogen-bond acceptors (Lipinski definition) is 9. The zero-order valence-corrected chi connectivity index (χ0v) is 14.6. The maximum absolute atomic E-state index is 9.41. The van der Waals surface area contributed by atoms with Crippen molar-refractivity contribution in [1.29, 1.82) is 0 Å². The summed E-state index contributed by atoms with van der Waals surface area (Å²) in [7, 11) is 0. The van der Waals surface area contributed by atoms with Crippen LogP contribution in [-0.4, -0.2) is 35.5 Å². The highest BCUT2D eigenvalue weighted by Crippen LogP contribution is 2.35. The molecule has 1 aromatic carbocycles. The Morgan fingerprint density at radius 2 is 2.00 bits per heavy atom. The first-order chi connectivity index (χ1) is 12.2. The van der Waals surface area contributed by atoms with Crippen LogP contribution in [0.1, 0.15) is 18.1 Å². The predicted octanol–water partition coefficient (Wildman–Crippen LogP) is 3.33. The molecule has 0 radical (unpaired) electrons. The third-order valence-corrected chi connectivity index (χ3v) is 5.22. The molecule has 3 aromatic heterocycles. The van der Waals surface area contributed by atoms with Gasteiger partial charge in [0.25, 0.3) is 5.89 Å². The van der Waals surface area contributed by atoms with Crippen LogP contribution in [0.5, 0.6) is 5.75 Å². The summed E-state index contributed by atoms with van der Waals surface area (Å²) in [4.78, 5) is 0.935. The smallest absolute Gasteiger partial charge is 0.257 e. The zero-order valence-electron chi connectivity index (χ0n) is 13.0. The molecule has 25 heavy (non-hydrogen) atoms. The van der Waals surface area contributed by atoms with Crippen molar-refractivity contribution in [1.82, 2.24) is 30.4 Å². The molecule has 0 fully saturated rings. The van der Waals surface area contributed by atoms with Gasteiger partial charge in [0.05, 0.1) is 15.8 Å².